The number of carbonyl (C=O) groups excluding carboxylic acids is 1. The summed E-state index contributed by atoms with van der Waals surface area (Å²) in [6, 6.07) is 4.20. The number of nitrogens with zero attached hydrogens (tertiary/aromatic N) is 1. The summed E-state index contributed by atoms with van der Waals surface area (Å²) in [7, 11) is -4.81. The highest BCUT2D eigenvalue weighted by Gasteiger charge is 2.73. The van der Waals surface area contributed by atoms with Crippen LogP contribution in [0.4, 0.5) is 39.5 Å². The van der Waals surface area contributed by atoms with Crippen molar-refractivity contribution in [3.63, 3.8) is 0 Å². The predicted octanol–water partition coefficient (Wildman–Crippen LogP) is 6.31. The average Bonchev–Trinajstić information content (AvgIpc) is 3.40. The fourth-order valence-corrected chi connectivity index (χ4v) is 7.93. The zero-order valence-corrected chi connectivity index (χ0v) is 23.7. The molecular formula is C28H26F9NO5S. The van der Waals surface area contributed by atoms with E-state index in [0.717, 1.165) is 17.0 Å². The fourth-order valence-electron chi connectivity index (χ4n) is 5.84. The highest BCUT2D eigenvalue weighted by atomic mass is 32.2. The molecule has 6 nitrogen and oxygen atoms in total. The van der Waals surface area contributed by atoms with E-state index in [9.17, 15) is 58.2 Å². The second kappa shape index (κ2) is 10.9. The van der Waals surface area contributed by atoms with Gasteiger partial charge in [-0.25, -0.2) is 21.6 Å². The molecule has 1 aliphatic heterocycles. The number of sulfone groups is 1. The molecule has 1 saturated carbocycles. The largest absolute Gasteiger partial charge is 0.481 e. The maximum atomic E-state index is 15.8. The number of aliphatic carboxylic acids is 1. The predicted molar refractivity (Wildman–Crippen MR) is 136 cm³/mol. The van der Waals surface area contributed by atoms with E-state index in [-0.39, 0.29) is 30.5 Å². The van der Waals surface area contributed by atoms with Gasteiger partial charge in [-0.2, -0.15) is 26.3 Å². The summed E-state index contributed by atoms with van der Waals surface area (Å²) in [6.45, 7) is 0.0805. The first-order valence-electron chi connectivity index (χ1n) is 13.3. The second-order valence-corrected chi connectivity index (χ2v) is 13.5. The van der Waals surface area contributed by atoms with Crippen LogP contribution in [0.3, 0.4) is 0 Å². The van der Waals surface area contributed by atoms with Crippen LogP contribution in [0.1, 0.15) is 48.8 Å². The van der Waals surface area contributed by atoms with Crippen molar-refractivity contribution in [3.8, 4) is 0 Å². The third-order valence-electron chi connectivity index (χ3n) is 8.59. The third-order valence-corrected chi connectivity index (χ3v) is 11.1. The lowest BCUT2D eigenvalue weighted by molar-refractivity contribution is -0.348. The van der Waals surface area contributed by atoms with E-state index in [0.29, 0.717) is 18.2 Å². The summed E-state index contributed by atoms with van der Waals surface area (Å²) in [4.78, 5) is 24.8. The third kappa shape index (κ3) is 5.32. The Balaban J connectivity index is 1.79. The number of carboxylic acids is 1. The standard InChI is InChI=1S/C28H26F9NO5S/c1-16-2-7-20(14-21(16)29)44(42,43)25(18-3-5-19(6-4-18)26(31,27(32,33)34)28(35,36)37)12-13-38(15-25)23(41)24(30)10-8-17(9-11-24)22(39)40/h2-7,14,17H,8-13,15H2,1H3,(H,39,40)/t17?,24?,25-/m0/s1. The van der Waals surface area contributed by atoms with Gasteiger partial charge in [-0.3, -0.25) is 9.59 Å². The number of halogens is 9. The minimum atomic E-state index is -6.43. The Morgan fingerprint density at radius 2 is 1.45 bits per heavy atom. The lowest BCUT2D eigenvalue weighted by Gasteiger charge is -2.35. The Hall–Kier alpha value is -3.30. The van der Waals surface area contributed by atoms with Gasteiger partial charge in [0.2, 0.25) is 0 Å². The van der Waals surface area contributed by atoms with Gasteiger partial charge in [0.1, 0.15) is 10.6 Å². The highest BCUT2D eigenvalue weighted by molar-refractivity contribution is 7.92. The molecule has 0 spiro atoms. The number of carboxylic acid groups (broad SMARTS) is 1. The van der Waals surface area contributed by atoms with Crippen LogP contribution < -0.4 is 0 Å². The minimum absolute atomic E-state index is 0.0560. The summed E-state index contributed by atoms with van der Waals surface area (Å²) in [5.41, 5.74) is -10.6. The molecule has 2 fully saturated rings. The normalized spacial score (nSPS) is 25.2. The van der Waals surface area contributed by atoms with Gasteiger partial charge < -0.3 is 10.0 Å². The quantitative estimate of drug-likeness (QED) is 0.368. The first-order valence-corrected chi connectivity index (χ1v) is 14.7. The van der Waals surface area contributed by atoms with Crippen molar-refractivity contribution in [1.82, 2.24) is 4.90 Å². The van der Waals surface area contributed by atoms with Crippen molar-refractivity contribution in [2.45, 2.75) is 72.4 Å². The smallest absolute Gasteiger partial charge is 0.435 e. The van der Waals surface area contributed by atoms with Crippen molar-refractivity contribution >= 4 is 21.7 Å². The lowest BCUT2D eigenvalue weighted by atomic mass is 9.79. The maximum absolute atomic E-state index is 15.8. The van der Waals surface area contributed by atoms with Crippen LogP contribution in [0, 0.1) is 18.7 Å². The van der Waals surface area contributed by atoms with Crippen LogP contribution in [0.15, 0.2) is 47.4 Å². The molecule has 2 aliphatic rings. The Kier molecular flexibility index (Phi) is 8.36. The van der Waals surface area contributed by atoms with Crippen molar-refractivity contribution < 1.29 is 62.6 Å². The zero-order chi connectivity index (χ0) is 33.1. The van der Waals surface area contributed by atoms with E-state index in [1.54, 1.807) is 0 Å². The number of hydrogen-bond donors (Lipinski definition) is 1. The Bertz CT molecular complexity index is 1530. The van der Waals surface area contributed by atoms with Crippen LogP contribution >= 0.6 is 0 Å². The minimum Gasteiger partial charge on any atom is -0.481 e. The van der Waals surface area contributed by atoms with E-state index in [4.69, 9.17) is 0 Å². The van der Waals surface area contributed by atoms with E-state index >= 15 is 4.39 Å². The average molecular weight is 660 g/mol. The number of carbonyl (C=O) groups is 2. The molecule has 0 aromatic heterocycles. The van der Waals surface area contributed by atoms with Gasteiger partial charge in [-0.05, 0) is 62.3 Å². The molecule has 4 rings (SSSR count). The number of benzene rings is 2. The summed E-state index contributed by atoms with van der Waals surface area (Å²) >= 11 is 0. The van der Waals surface area contributed by atoms with E-state index < -0.39 is 110 Å². The molecule has 44 heavy (non-hydrogen) atoms. The summed E-state index contributed by atoms with van der Waals surface area (Å²) in [5.74, 6) is -4.18. The number of alkyl halides is 8. The molecule has 1 aliphatic carbocycles. The van der Waals surface area contributed by atoms with Gasteiger partial charge in [-0.15, -0.1) is 0 Å². The molecule has 1 saturated heterocycles. The molecule has 0 bridgehead atoms. The van der Waals surface area contributed by atoms with Gasteiger partial charge in [0.05, 0.1) is 10.8 Å². The van der Waals surface area contributed by atoms with Crippen LogP contribution in [-0.2, 0) is 29.8 Å². The number of hydrogen-bond acceptors (Lipinski definition) is 4. The van der Waals surface area contributed by atoms with Gasteiger partial charge >= 0.3 is 24.0 Å². The van der Waals surface area contributed by atoms with Crippen molar-refractivity contribution in [3.05, 3.63) is 65.0 Å². The molecule has 0 unspecified atom stereocenters. The summed E-state index contributed by atoms with van der Waals surface area (Å²) in [6.07, 6.45) is -14.7. The molecule has 2 aromatic rings. The van der Waals surface area contributed by atoms with Crippen LogP contribution in [-0.4, -0.2) is 61.4 Å². The molecule has 242 valence electrons. The van der Waals surface area contributed by atoms with Gasteiger partial charge in [0.25, 0.3) is 5.91 Å². The van der Waals surface area contributed by atoms with E-state index in [2.05, 4.69) is 0 Å². The van der Waals surface area contributed by atoms with Crippen molar-refractivity contribution in [1.29, 1.82) is 0 Å². The fraction of sp³-hybridized carbons (Fsp3) is 0.500. The lowest BCUT2D eigenvalue weighted by Crippen LogP contribution is -2.50. The van der Waals surface area contributed by atoms with E-state index in [1.165, 1.54) is 6.92 Å². The topological polar surface area (TPSA) is 91.8 Å². The molecule has 1 N–H and O–H groups in total. The van der Waals surface area contributed by atoms with Crippen molar-refractivity contribution in [2.75, 3.05) is 13.1 Å². The Labute approximate surface area is 245 Å². The van der Waals surface area contributed by atoms with Gasteiger partial charge in [0.15, 0.2) is 15.5 Å². The number of rotatable bonds is 6. The number of aryl methyl sites for hydroxylation is 1. The number of amides is 1. The van der Waals surface area contributed by atoms with Crippen LogP contribution in [0.5, 0.6) is 0 Å². The zero-order valence-electron chi connectivity index (χ0n) is 22.9. The highest BCUT2D eigenvalue weighted by Crippen LogP contribution is 2.54. The maximum Gasteiger partial charge on any atom is 0.435 e. The van der Waals surface area contributed by atoms with Crippen molar-refractivity contribution in [2.24, 2.45) is 5.92 Å². The summed E-state index contributed by atoms with van der Waals surface area (Å²) < 4.78 is 151. The molecule has 16 heteroatoms. The molecular weight excluding hydrogens is 633 g/mol. The molecule has 2 aromatic carbocycles. The monoisotopic (exact) mass is 659 g/mol. The number of likely N-dealkylation sites (tertiary alicyclic amines) is 1. The molecule has 1 heterocycles. The van der Waals surface area contributed by atoms with Gasteiger partial charge in [-0.1, -0.05) is 30.3 Å². The Morgan fingerprint density at radius 3 is 1.93 bits per heavy atom. The molecule has 1 amide bonds. The van der Waals surface area contributed by atoms with Crippen LogP contribution in [0.25, 0.3) is 0 Å². The van der Waals surface area contributed by atoms with E-state index in [1.807, 2.05) is 0 Å². The second-order valence-electron chi connectivity index (χ2n) is 11.2. The SMILES string of the molecule is Cc1ccc(S(=O)(=O)[C@@]2(c3ccc(C(F)(C(F)(F)F)C(F)(F)F)cc3)CCN(C(=O)C3(F)CCC(C(=O)O)CC3)C2)cc1F. The van der Waals surface area contributed by atoms with Gasteiger partial charge in [0, 0.05) is 18.7 Å². The Morgan fingerprint density at radius 1 is 0.909 bits per heavy atom. The first kappa shape index (κ1) is 33.6. The first-order chi connectivity index (χ1) is 20.1. The molecule has 1 atom stereocenters. The van der Waals surface area contributed by atoms with Crippen LogP contribution in [0.2, 0.25) is 0 Å². The summed E-state index contributed by atoms with van der Waals surface area (Å²) in [5, 5.41) is 9.19. The molecule has 0 radical (unpaired) electrons.